The fraction of sp³-hybridized carbons (Fsp3) is 1.00. The Morgan fingerprint density at radius 3 is 1.78 bits per heavy atom. The molecule has 0 aromatic heterocycles. The minimum Gasteiger partial charge on any atom is -0.870 e. The summed E-state index contributed by atoms with van der Waals surface area (Å²) in [6.45, 7) is 5.93. The third-order valence-corrected chi connectivity index (χ3v) is 1.24. The van der Waals surface area contributed by atoms with Crippen molar-refractivity contribution >= 4 is 0 Å². The summed E-state index contributed by atoms with van der Waals surface area (Å²) in [7, 11) is 4.09. The molecule has 0 amide bonds. The summed E-state index contributed by atoms with van der Waals surface area (Å²) >= 11 is 0. The van der Waals surface area contributed by atoms with E-state index in [0.717, 1.165) is 13.2 Å². The van der Waals surface area contributed by atoms with Crippen molar-refractivity contribution in [2.24, 2.45) is 0 Å². The van der Waals surface area contributed by atoms with Crippen LogP contribution in [0.1, 0.15) is 13.8 Å². The van der Waals surface area contributed by atoms with Crippen LogP contribution in [0.15, 0.2) is 0 Å². The Morgan fingerprint density at radius 2 is 1.67 bits per heavy atom. The minimum absolute atomic E-state index is 0. The normalized spacial score (nSPS) is 10.7. The van der Waals surface area contributed by atoms with Gasteiger partial charge in [0.2, 0.25) is 0 Å². The maximum absolute atomic E-state index is 5.32. The van der Waals surface area contributed by atoms with Gasteiger partial charge in [0.25, 0.3) is 0 Å². The Balaban J connectivity index is 0. The van der Waals surface area contributed by atoms with Gasteiger partial charge in [-0.3, -0.25) is 0 Å². The van der Waals surface area contributed by atoms with Crippen LogP contribution in [0.5, 0.6) is 0 Å². The van der Waals surface area contributed by atoms with E-state index in [4.69, 9.17) is 4.84 Å². The van der Waals surface area contributed by atoms with Crippen molar-refractivity contribution < 1.29 is 15.0 Å². The maximum atomic E-state index is 5.32. The van der Waals surface area contributed by atoms with E-state index in [9.17, 15) is 0 Å². The number of nitrogens with zero attached hydrogens (tertiary/aromatic N) is 1. The summed E-state index contributed by atoms with van der Waals surface area (Å²) in [6, 6.07) is 0. The highest BCUT2D eigenvalue weighted by Crippen LogP contribution is 1.95. The van der Waals surface area contributed by atoms with Crippen LogP contribution in [0.2, 0.25) is 0 Å². The summed E-state index contributed by atoms with van der Waals surface area (Å²) < 4.78 is 0.663. The second kappa shape index (κ2) is 4.73. The van der Waals surface area contributed by atoms with Crippen LogP contribution in [-0.2, 0) is 4.84 Å². The van der Waals surface area contributed by atoms with Crippen molar-refractivity contribution in [3.8, 4) is 0 Å². The lowest BCUT2D eigenvalue weighted by Gasteiger charge is -2.23. The predicted octanol–water partition coefficient (Wildman–Crippen LogP) is 0.857. The van der Waals surface area contributed by atoms with Crippen LogP contribution in [0, 0.1) is 0 Å². The topological polar surface area (TPSA) is 39.2 Å². The molecule has 3 nitrogen and oxygen atoms in total. The highest BCUT2D eigenvalue weighted by Gasteiger charge is 2.10. The lowest BCUT2D eigenvalue weighted by Crippen LogP contribution is -2.38. The van der Waals surface area contributed by atoms with Gasteiger partial charge in [0, 0.05) is 0 Å². The second-order valence-corrected chi connectivity index (χ2v) is 2.31. The first-order valence-corrected chi connectivity index (χ1v) is 3.10. The van der Waals surface area contributed by atoms with Gasteiger partial charge in [0.1, 0.15) is 13.2 Å². The molecule has 0 heterocycles. The van der Waals surface area contributed by atoms with E-state index in [-0.39, 0.29) is 5.48 Å². The first-order valence-electron chi connectivity index (χ1n) is 3.10. The molecule has 0 spiro atoms. The van der Waals surface area contributed by atoms with E-state index in [1.54, 1.807) is 0 Å². The number of quaternary nitrogens is 1. The molecular weight excluding hydrogens is 118 g/mol. The molecule has 0 radical (unpaired) electrons. The van der Waals surface area contributed by atoms with Gasteiger partial charge in [0.15, 0.2) is 0 Å². The van der Waals surface area contributed by atoms with Gasteiger partial charge >= 0.3 is 0 Å². The van der Waals surface area contributed by atoms with E-state index < -0.39 is 0 Å². The van der Waals surface area contributed by atoms with Crippen LogP contribution < -0.4 is 0 Å². The van der Waals surface area contributed by atoms with Gasteiger partial charge in [-0.2, -0.15) is 4.65 Å². The summed E-state index contributed by atoms with van der Waals surface area (Å²) in [4.78, 5) is 5.32. The largest absolute Gasteiger partial charge is 0.870 e. The van der Waals surface area contributed by atoms with Crippen LogP contribution >= 0.6 is 0 Å². The fourth-order valence-electron chi connectivity index (χ4n) is 0.441. The molecule has 0 rings (SSSR count). The highest BCUT2D eigenvalue weighted by atomic mass is 16.7. The molecule has 0 aliphatic heterocycles. The van der Waals surface area contributed by atoms with Crippen molar-refractivity contribution in [3.63, 3.8) is 0 Å². The van der Waals surface area contributed by atoms with E-state index >= 15 is 0 Å². The monoisotopic (exact) mass is 135 g/mol. The maximum Gasteiger partial charge on any atom is 0.106 e. The molecule has 9 heavy (non-hydrogen) atoms. The predicted molar refractivity (Wildman–Crippen MR) is 36.2 cm³/mol. The molecule has 0 bridgehead atoms. The average Bonchev–Trinajstić information content (AvgIpc) is 1.67. The highest BCUT2D eigenvalue weighted by molar-refractivity contribution is 4.05. The summed E-state index contributed by atoms with van der Waals surface area (Å²) in [5, 5.41) is 0. The summed E-state index contributed by atoms with van der Waals surface area (Å²) in [5.41, 5.74) is 0. The van der Waals surface area contributed by atoms with E-state index in [1.165, 1.54) is 0 Å². The summed E-state index contributed by atoms with van der Waals surface area (Å²) in [6.07, 6.45) is 0. The standard InChI is InChI=1S/C6H16NO.H2O/c1-5-7(3,4)8-6-2;/h5-6H2,1-4H3;1H2/q+1;/p-1. The Kier molecular flexibility index (Phi) is 6.12. The zero-order valence-corrected chi connectivity index (χ0v) is 6.72. The van der Waals surface area contributed by atoms with Crippen LogP contribution in [0.4, 0.5) is 0 Å². The van der Waals surface area contributed by atoms with Gasteiger partial charge < -0.3 is 5.48 Å². The molecule has 58 valence electrons. The van der Waals surface area contributed by atoms with E-state index in [2.05, 4.69) is 6.92 Å². The van der Waals surface area contributed by atoms with Gasteiger partial charge in [0.05, 0.1) is 14.1 Å². The number of hydrogen-bond acceptors (Lipinski definition) is 2. The molecule has 0 saturated heterocycles. The van der Waals surface area contributed by atoms with Crippen LogP contribution in [0.25, 0.3) is 0 Å². The molecule has 0 aliphatic carbocycles. The lowest BCUT2D eigenvalue weighted by atomic mass is 10.7. The molecule has 0 atom stereocenters. The molecule has 0 saturated carbocycles. The lowest BCUT2D eigenvalue weighted by molar-refractivity contribution is -1.07. The molecule has 0 aliphatic rings. The van der Waals surface area contributed by atoms with Gasteiger partial charge in [-0.1, -0.05) is 0 Å². The molecule has 0 aromatic rings. The van der Waals surface area contributed by atoms with Crippen LogP contribution in [-0.4, -0.2) is 37.4 Å². The molecule has 0 unspecified atom stereocenters. The Morgan fingerprint density at radius 1 is 1.22 bits per heavy atom. The first-order chi connectivity index (χ1) is 3.62. The van der Waals surface area contributed by atoms with Crippen molar-refractivity contribution in [2.45, 2.75) is 13.8 Å². The fourth-order valence-corrected chi connectivity index (χ4v) is 0.441. The number of hydrogen-bond donors (Lipinski definition) is 0. The Labute approximate surface area is 57.1 Å². The molecule has 1 N–H and O–H groups in total. The quantitative estimate of drug-likeness (QED) is 0.425. The van der Waals surface area contributed by atoms with Crippen molar-refractivity contribution in [3.05, 3.63) is 0 Å². The zero-order valence-electron chi connectivity index (χ0n) is 6.72. The van der Waals surface area contributed by atoms with Gasteiger partial charge in [-0.15, -0.1) is 0 Å². The van der Waals surface area contributed by atoms with E-state index in [0.29, 0.717) is 4.65 Å². The average molecular weight is 135 g/mol. The van der Waals surface area contributed by atoms with Crippen molar-refractivity contribution in [1.29, 1.82) is 0 Å². The molecule has 3 heteroatoms. The molecule has 0 fully saturated rings. The van der Waals surface area contributed by atoms with Gasteiger partial charge in [-0.05, 0) is 13.8 Å². The minimum atomic E-state index is 0. The Hall–Kier alpha value is -0.120. The summed E-state index contributed by atoms with van der Waals surface area (Å²) in [5.74, 6) is 0. The second-order valence-electron chi connectivity index (χ2n) is 2.31. The SMILES string of the molecule is CCO[N+](C)(C)CC.[OH-]. The third-order valence-electron chi connectivity index (χ3n) is 1.24. The van der Waals surface area contributed by atoms with Gasteiger partial charge in [-0.25, -0.2) is 4.84 Å². The van der Waals surface area contributed by atoms with Crippen molar-refractivity contribution in [2.75, 3.05) is 27.2 Å². The molecular formula is C6H17NO2. The van der Waals surface area contributed by atoms with Crippen LogP contribution in [0.3, 0.4) is 0 Å². The van der Waals surface area contributed by atoms with E-state index in [1.807, 2.05) is 21.0 Å². The third kappa shape index (κ3) is 5.76. The number of hydroxylamine groups is 3. The first kappa shape index (κ1) is 11.6. The Bertz CT molecular complexity index is 64.1. The molecule has 0 aromatic carbocycles. The number of rotatable bonds is 3. The van der Waals surface area contributed by atoms with Crippen molar-refractivity contribution in [1.82, 2.24) is 0 Å². The zero-order chi connectivity index (χ0) is 6.62. The smallest absolute Gasteiger partial charge is 0.106 e.